The molecule has 0 amide bonds. The van der Waals surface area contributed by atoms with Crippen LogP contribution in [-0.2, 0) is 59.5 Å². The summed E-state index contributed by atoms with van der Waals surface area (Å²) in [7, 11) is -12.2. The zero-order chi connectivity index (χ0) is 44.1. The monoisotopic (exact) mass is 1310 g/mol. The summed E-state index contributed by atoms with van der Waals surface area (Å²) >= 11 is 0. The van der Waals surface area contributed by atoms with Crippen molar-refractivity contribution in [2.45, 2.75) is 50.3 Å². The molecule has 3 heterocycles. The average Bonchev–Trinajstić information content (AvgIpc) is 3.17. The fourth-order valence-corrected chi connectivity index (χ4v) is 6.04. The predicted molar refractivity (Wildman–Crippen MR) is 225 cm³/mol. The summed E-state index contributed by atoms with van der Waals surface area (Å²) in [6.45, 7) is 17.4. The van der Waals surface area contributed by atoms with Crippen LogP contribution in [0.5, 0.6) is 0 Å². The van der Waals surface area contributed by atoms with Gasteiger partial charge in [-0.15, -0.1) is 0 Å². The maximum Gasteiger partial charge on any atom is 1.00 e. The first-order chi connectivity index (χ1) is 28.3. The van der Waals surface area contributed by atoms with E-state index in [1.54, 1.807) is 0 Å². The normalized spacial score (nSPS) is 19.7. The molecule has 24 heteroatoms. The summed E-state index contributed by atoms with van der Waals surface area (Å²) < 4.78 is 118. The largest absolute Gasteiger partial charge is 1.00 e. The summed E-state index contributed by atoms with van der Waals surface area (Å²) in [5.74, 6) is 0. The molecule has 0 saturated heterocycles. The maximum atomic E-state index is 10.7. The van der Waals surface area contributed by atoms with Crippen LogP contribution in [0.4, 0.5) is 26.3 Å². The van der Waals surface area contributed by atoms with Crippen molar-refractivity contribution in [2.75, 3.05) is 78.5 Å². The van der Waals surface area contributed by atoms with Crippen molar-refractivity contribution in [1.82, 2.24) is 41.7 Å². The minimum absolute atomic E-state index is 0. The summed E-state index contributed by atoms with van der Waals surface area (Å²) in [5, 5.41) is 22.2. The minimum Gasteiger partial charge on any atom is -0.741 e. The van der Waals surface area contributed by atoms with E-state index in [2.05, 4.69) is 114 Å². The zero-order valence-corrected chi connectivity index (χ0v) is 44.8. The molecule has 0 radical (unpaired) electrons. The predicted octanol–water partition coefficient (Wildman–Crippen LogP) is 1.60. The minimum atomic E-state index is -6.09. The molecule has 3 aliphatic heterocycles. The van der Waals surface area contributed by atoms with Gasteiger partial charge in [0.2, 0.25) is 0 Å². The van der Waals surface area contributed by atoms with Crippen molar-refractivity contribution in [3.63, 3.8) is 0 Å². The van der Waals surface area contributed by atoms with Crippen LogP contribution in [0.3, 0.4) is 0 Å². The van der Waals surface area contributed by atoms with Gasteiger partial charge in [0, 0.05) is 118 Å². The van der Waals surface area contributed by atoms with Gasteiger partial charge in [0.05, 0.1) is 0 Å². The Labute approximate surface area is 400 Å². The number of benzene rings is 3. The van der Waals surface area contributed by atoms with E-state index in [9.17, 15) is 26.3 Å². The third-order valence-electron chi connectivity index (χ3n) is 9.14. The molecule has 6 rings (SSSR count). The average molecular weight is 1310 g/mol. The van der Waals surface area contributed by atoms with Crippen LogP contribution in [0.1, 0.15) is 33.4 Å². The SMILES string of the molecule is O=S(=O)([O-])C(F)(F)F.O=S(=O)([O-])C(F)(F)F.[Tl+].[Tl+].c1cc2cc(c1)CNCCN1CCNCc3cccc(c3)CNCCN(CCNC2)CCNCc2cccc(c2)CNCC1. The molecule has 8 bridgehead atoms. The fraction of sp³-hybridized carbons (Fsp3) is 0.526. The van der Waals surface area contributed by atoms with Crippen LogP contribution in [-0.4, -0.2) is 180 Å². The molecule has 0 fully saturated rings. The Balaban J connectivity index is 0.000000907. The second-order valence-electron chi connectivity index (χ2n) is 14.0. The second-order valence-corrected chi connectivity index (χ2v) is 16.7. The third-order valence-corrected chi connectivity index (χ3v) is 10.3. The van der Waals surface area contributed by atoms with E-state index >= 15 is 0 Å². The molecule has 0 aliphatic carbocycles. The molecule has 0 spiro atoms. The Morgan fingerprint density at radius 1 is 0.403 bits per heavy atom. The van der Waals surface area contributed by atoms with E-state index in [1.165, 1.54) is 33.4 Å². The van der Waals surface area contributed by atoms with Crippen molar-refractivity contribution >= 4 is 74.8 Å². The van der Waals surface area contributed by atoms with Crippen molar-refractivity contribution in [2.24, 2.45) is 0 Å². The van der Waals surface area contributed by atoms with E-state index < -0.39 is 31.3 Å². The van der Waals surface area contributed by atoms with E-state index in [0.717, 1.165) is 118 Å². The molecular weight excluding hydrogens is 1250 g/mol. The number of nitrogens with zero attached hydrogens (tertiary/aromatic N) is 2. The number of rotatable bonds is 0. The van der Waals surface area contributed by atoms with E-state index in [0.29, 0.717) is 0 Å². The summed E-state index contributed by atoms with van der Waals surface area (Å²) in [5.41, 5.74) is -3.17. The quantitative estimate of drug-likeness (QED) is 0.0824. The number of nitrogens with one attached hydrogen (secondary N) is 6. The Hall–Kier alpha value is -1.42. The molecule has 0 saturated carbocycles. The first-order valence-corrected chi connectivity index (χ1v) is 22.1. The number of fused-ring (bicyclic) bond motifs is 18. The standard InChI is InChI=1S/C36H54N8.2CHF3O3S.2Tl/c1-4-31-22-32(5-1)26-38-11-17-44-19-13-40-28-34-7-2-6-33(23-34)27-39-12-18-43(16-10-37-25-31)20-14-41-29-35-8-3-9-36(24-35)30-42-15-21-44;2*2-1(3,4)8(5,6)7;;/h1-9,22-24,37-42H,10-21,25-30H2;2*(H,5,6,7);;/q;;;2*+1/p-2. The number of hydrogen-bond donors (Lipinski definition) is 6. The summed E-state index contributed by atoms with van der Waals surface area (Å²) in [6.07, 6.45) is 0. The molecule has 3 aliphatic rings. The van der Waals surface area contributed by atoms with Gasteiger partial charge in [-0.05, 0) is 33.4 Å². The number of alkyl halides is 6. The van der Waals surface area contributed by atoms with Crippen LogP contribution in [0, 0.1) is 0 Å². The molecule has 62 heavy (non-hydrogen) atoms. The molecule has 3 aromatic rings. The van der Waals surface area contributed by atoms with Crippen molar-refractivity contribution in [3.8, 4) is 0 Å². The Morgan fingerprint density at radius 3 is 0.710 bits per heavy atom. The van der Waals surface area contributed by atoms with E-state index in [4.69, 9.17) is 25.9 Å². The molecular formula is C38H54F6N8O6S2Tl2. The van der Waals surface area contributed by atoms with Gasteiger partial charge in [0.25, 0.3) is 0 Å². The molecule has 0 aromatic heterocycles. The second kappa shape index (κ2) is 30.0. The summed E-state index contributed by atoms with van der Waals surface area (Å²) in [4.78, 5) is 5.16. The van der Waals surface area contributed by atoms with Gasteiger partial charge in [0.1, 0.15) is 0 Å². The van der Waals surface area contributed by atoms with Crippen molar-refractivity contribution in [1.29, 1.82) is 0 Å². The molecule has 0 atom stereocenters. The van der Waals surface area contributed by atoms with Gasteiger partial charge in [-0.2, -0.15) is 26.3 Å². The Morgan fingerprint density at radius 2 is 0.565 bits per heavy atom. The van der Waals surface area contributed by atoms with Crippen molar-refractivity contribution < 1.29 is 52.3 Å². The van der Waals surface area contributed by atoms with Crippen LogP contribution >= 0.6 is 0 Å². The first kappa shape index (κ1) is 58.6. The van der Waals surface area contributed by atoms with Crippen LogP contribution in [0.25, 0.3) is 0 Å². The topological polar surface area (TPSA) is 193 Å². The molecule has 0 unspecified atom stereocenters. The van der Waals surface area contributed by atoms with Gasteiger partial charge in [-0.25, -0.2) is 16.8 Å². The van der Waals surface area contributed by atoms with Gasteiger partial charge in [-0.3, -0.25) is 9.80 Å². The Bertz CT molecular complexity index is 1670. The zero-order valence-electron chi connectivity index (χ0n) is 34.2. The van der Waals surface area contributed by atoms with Crippen LogP contribution in [0.2, 0.25) is 0 Å². The molecule has 342 valence electrons. The van der Waals surface area contributed by atoms with Gasteiger partial charge in [0.15, 0.2) is 20.2 Å². The van der Waals surface area contributed by atoms with E-state index in [-0.39, 0.29) is 54.6 Å². The summed E-state index contributed by atoms with van der Waals surface area (Å²) in [6, 6.07) is 27.0. The van der Waals surface area contributed by atoms with E-state index in [1.807, 2.05) is 0 Å². The Kier molecular flexibility index (Phi) is 28.3. The molecule has 6 N–H and O–H groups in total. The van der Waals surface area contributed by atoms with Gasteiger partial charge >= 0.3 is 65.6 Å². The van der Waals surface area contributed by atoms with Gasteiger partial charge < -0.3 is 41.0 Å². The van der Waals surface area contributed by atoms with Gasteiger partial charge in [-0.1, -0.05) is 72.8 Å². The molecule has 14 nitrogen and oxygen atoms in total. The smallest absolute Gasteiger partial charge is 0.741 e. The van der Waals surface area contributed by atoms with Crippen molar-refractivity contribution in [3.05, 3.63) is 106 Å². The van der Waals surface area contributed by atoms with Crippen LogP contribution in [0.15, 0.2) is 72.8 Å². The molecule has 3 aromatic carbocycles. The maximum absolute atomic E-state index is 10.7. The number of hydrogen-bond acceptors (Lipinski definition) is 14. The first-order valence-electron chi connectivity index (χ1n) is 19.3. The third kappa shape index (κ3) is 24.8. The number of halogens is 6. The fourth-order valence-electron chi connectivity index (χ4n) is 6.04. The van der Waals surface area contributed by atoms with Crippen LogP contribution < -0.4 is 31.9 Å².